The van der Waals surface area contributed by atoms with Crippen molar-refractivity contribution in [2.45, 2.75) is 6.42 Å². The van der Waals surface area contributed by atoms with Crippen LogP contribution in [-0.4, -0.2) is 46.5 Å². The third-order valence-corrected chi connectivity index (χ3v) is 1.08. The number of esters is 2. The van der Waals surface area contributed by atoms with Gasteiger partial charge >= 0.3 is 18.1 Å². The molecule has 0 rings (SSSR count). The highest BCUT2D eigenvalue weighted by Crippen LogP contribution is 1.85. The van der Waals surface area contributed by atoms with Crippen molar-refractivity contribution < 1.29 is 33.3 Å². The molecule has 15 heavy (non-hydrogen) atoms. The fraction of sp³-hybridized carbons (Fsp3) is 0.625. The van der Waals surface area contributed by atoms with Crippen molar-refractivity contribution in [1.29, 1.82) is 0 Å². The molecule has 0 amide bonds. The van der Waals surface area contributed by atoms with E-state index in [1.807, 2.05) is 0 Å². The fourth-order valence-electron chi connectivity index (χ4n) is 0.346. The van der Waals surface area contributed by atoms with Gasteiger partial charge in [0.15, 0.2) is 0 Å². The second-order valence-electron chi connectivity index (χ2n) is 1.99. The number of carbonyl (C=O) groups excluding carboxylic acids is 3. The van der Waals surface area contributed by atoms with Crippen LogP contribution in [0.1, 0.15) is 6.42 Å². The second kappa shape index (κ2) is 10.3. The highest BCUT2D eigenvalue weighted by Gasteiger charge is 2.07. The van der Waals surface area contributed by atoms with Crippen molar-refractivity contribution >= 4 is 18.1 Å². The minimum atomic E-state index is -0.657. The summed E-state index contributed by atoms with van der Waals surface area (Å²) in [5, 5.41) is 0. The highest BCUT2D eigenvalue weighted by atomic mass is 16.7. The fourth-order valence-corrected chi connectivity index (χ4v) is 0.346. The molecule has 7 nitrogen and oxygen atoms in total. The van der Waals surface area contributed by atoms with Gasteiger partial charge in [-0.3, -0.25) is 9.59 Å². The maximum Gasteiger partial charge on any atom is 0.507 e. The zero-order chi connectivity index (χ0) is 12.3. The smallest absolute Gasteiger partial charge is 0.469 e. The van der Waals surface area contributed by atoms with E-state index in [0.717, 1.165) is 0 Å². The largest absolute Gasteiger partial charge is 0.507 e. The summed E-state index contributed by atoms with van der Waals surface area (Å²) in [4.78, 5) is 30.3. The van der Waals surface area contributed by atoms with Crippen LogP contribution in [0.4, 0.5) is 4.79 Å². The summed E-state index contributed by atoms with van der Waals surface area (Å²) in [5.74, 6) is -1.16. The maximum absolute atomic E-state index is 10.3. The molecule has 0 aliphatic heterocycles. The first-order chi connectivity index (χ1) is 7.01. The summed E-state index contributed by atoms with van der Waals surface area (Å²) in [6.45, 7) is 0. The van der Waals surface area contributed by atoms with E-state index in [1.54, 1.807) is 0 Å². The van der Waals surface area contributed by atoms with Gasteiger partial charge < -0.3 is 18.9 Å². The van der Waals surface area contributed by atoms with Gasteiger partial charge in [0.25, 0.3) is 0 Å². The van der Waals surface area contributed by atoms with E-state index < -0.39 is 18.1 Å². The topological polar surface area (TPSA) is 88.1 Å². The predicted molar refractivity (Wildman–Crippen MR) is 48.1 cm³/mol. The van der Waals surface area contributed by atoms with Crippen molar-refractivity contribution in [2.24, 2.45) is 0 Å². The predicted octanol–water partition coefficient (Wildman–Crippen LogP) is 0.122. The highest BCUT2D eigenvalue weighted by molar-refractivity contribution is 5.90. The van der Waals surface area contributed by atoms with E-state index in [1.165, 1.54) is 28.4 Å². The number of hydrogen-bond donors (Lipinski definition) is 0. The molecular formula is C8H14O7. The van der Waals surface area contributed by atoms with Gasteiger partial charge in [-0.05, 0) is 0 Å². The maximum atomic E-state index is 10.3. The summed E-state index contributed by atoms with van der Waals surface area (Å²) in [7, 11) is 4.94. The lowest BCUT2D eigenvalue weighted by Gasteiger charge is -1.95. The first-order valence-corrected chi connectivity index (χ1v) is 3.77. The Balaban J connectivity index is 0. The van der Waals surface area contributed by atoms with Crippen LogP contribution >= 0.6 is 0 Å². The van der Waals surface area contributed by atoms with Gasteiger partial charge in [0.1, 0.15) is 6.42 Å². The minimum Gasteiger partial charge on any atom is -0.469 e. The number of ether oxygens (including phenoxy) is 4. The van der Waals surface area contributed by atoms with Gasteiger partial charge in [0, 0.05) is 0 Å². The first-order valence-electron chi connectivity index (χ1n) is 3.77. The lowest BCUT2D eigenvalue weighted by Crippen LogP contribution is -2.09. The second-order valence-corrected chi connectivity index (χ2v) is 1.99. The van der Waals surface area contributed by atoms with E-state index in [2.05, 4.69) is 18.9 Å². The molecule has 0 bridgehead atoms. The van der Waals surface area contributed by atoms with Crippen molar-refractivity contribution in [3.8, 4) is 0 Å². The van der Waals surface area contributed by atoms with Crippen LogP contribution in [0.15, 0.2) is 0 Å². The zero-order valence-electron chi connectivity index (χ0n) is 9.06. The average Bonchev–Trinajstić information content (AvgIpc) is 2.28. The molecule has 0 aromatic carbocycles. The van der Waals surface area contributed by atoms with E-state index in [9.17, 15) is 14.4 Å². The molecule has 0 spiro atoms. The van der Waals surface area contributed by atoms with Crippen molar-refractivity contribution in [2.75, 3.05) is 28.4 Å². The van der Waals surface area contributed by atoms with Crippen LogP contribution in [0, 0.1) is 0 Å². The van der Waals surface area contributed by atoms with Crippen LogP contribution in [-0.2, 0) is 28.5 Å². The molecule has 0 fully saturated rings. The lowest BCUT2D eigenvalue weighted by atomic mass is 10.4. The Morgan fingerprint density at radius 1 is 0.733 bits per heavy atom. The molecular weight excluding hydrogens is 208 g/mol. The standard InChI is InChI=1S/C5H8O4.C3H6O3/c1-8-4(6)3-5(7)9-2;1-5-3(4)6-2/h3H2,1-2H3;1-2H3. The molecule has 0 aliphatic rings. The number of carbonyl (C=O) groups is 3. The molecule has 0 radical (unpaired) electrons. The van der Waals surface area contributed by atoms with E-state index in [-0.39, 0.29) is 6.42 Å². The minimum absolute atomic E-state index is 0.312. The van der Waals surface area contributed by atoms with Crippen molar-refractivity contribution in [1.82, 2.24) is 0 Å². The molecule has 0 aromatic rings. The van der Waals surface area contributed by atoms with Gasteiger partial charge in [0.2, 0.25) is 0 Å². The molecule has 7 heteroatoms. The SMILES string of the molecule is COC(=O)CC(=O)OC.COC(=O)OC. The monoisotopic (exact) mass is 222 g/mol. The Labute approximate surface area is 87.2 Å². The summed E-state index contributed by atoms with van der Waals surface area (Å²) >= 11 is 0. The molecule has 0 aliphatic carbocycles. The van der Waals surface area contributed by atoms with Gasteiger partial charge in [-0.15, -0.1) is 0 Å². The zero-order valence-corrected chi connectivity index (χ0v) is 9.06. The molecule has 0 N–H and O–H groups in total. The average molecular weight is 222 g/mol. The van der Waals surface area contributed by atoms with Gasteiger partial charge in [-0.1, -0.05) is 0 Å². The van der Waals surface area contributed by atoms with Crippen molar-refractivity contribution in [3.05, 3.63) is 0 Å². The Kier molecular flexibility index (Phi) is 10.8. The Morgan fingerprint density at radius 3 is 1.20 bits per heavy atom. The van der Waals surface area contributed by atoms with E-state index in [0.29, 0.717) is 0 Å². The van der Waals surface area contributed by atoms with Crippen LogP contribution in [0.5, 0.6) is 0 Å². The van der Waals surface area contributed by atoms with Gasteiger partial charge in [-0.25, -0.2) is 4.79 Å². The third kappa shape index (κ3) is 12.2. The molecule has 88 valence electrons. The van der Waals surface area contributed by atoms with Crippen LogP contribution < -0.4 is 0 Å². The van der Waals surface area contributed by atoms with Crippen LogP contribution in [0.3, 0.4) is 0 Å². The third-order valence-electron chi connectivity index (χ3n) is 1.08. The molecule has 0 atom stereocenters. The number of rotatable bonds is 2. The Morgan fingerprint density at radius 2 is 1.07 bits per heavy atom. The summed E-state index contributed by atoms with van der Waals surface area (Å²) in [6.07, 6.45) is -0.970. The number of methoxy groups -OCH3 is 4. The first kappa shape index (κ1) is 15.7. The summed E-state index contributed by atoms with van der Waals surface area (Å²) in [6, 6.07) is 0. The Bertz CT molecular complexity index is 191. The molecule has 0 unspecified atom stereocenters. The van der Waals surface area contributed by atoms with Gasteiger partial charge in [0.05, 0.1) is 28.4 Å². The Hall–Kier alpha value is -1.79. The van der Waals surface area contributed by atoms with Gasteiger partial charge in [-0.2, -0.15) is 0 Å². The lowest BCUT2D eigenvalue weighted by molar-refractivity contribution is -0.151. The van der Waals surface area contributed by atoms with E-state index in [4.69, 9.17) is 0 Å². The van der Waals surface area contributed by atoms with E-state index >= 15 is 0 Å². The quantitative estimate of drug-likeness (QED) is 0.372. The van der Waals surface area contributed by atoms with Crippen LogP contribution in [0.25, 0.3) is 0 Å². The summed E-state index contributed by atoms with van der Waals surface area (Å²) < 4.78 is 16.4. The molecule has 0 aromatic heterocycles. The molecule has 0 saturated heterocycles. The van der Waals surface area contributed by atoms with Crippen LogP contribution in [0.2, 0.25) is 0 Å². The van der Waals surface area contributed by atoms with Crippen molar-refractivity contribution in [3.63, 3.8) is 0 Å². The number of hydrogen-bond acceptors (Lipinski definition) is 7. The normalized spacial score (nSPS) is 7.73. The molecule has 0 heterocycles. The summed E-state index contributed by atoms with van der Waals surface area (Å²) in [5.41, 5.74) is 0. The molecule has 0 saturated carbocycles.